The first-order valence-electron chi connectivity index (χ1n) is 8.63. The van der Waals surface area contributed by atoms with Crippen molar-refractivity contribution in [2.24, 2.45) is 0 Å². The van der Waals surface area contributed by atoms with Crippen molar-refractivity contribution >= 4 is 5.91 Å². The molecule has 6 nitrogen and oxygen atoms in total. The van der Waals surface area contributed by atoms with E-state index >= 15 is 0 Å². The molecule has 1 aliphatic heterocycles. The number of pyridine rings is 1. The van der Waals surface area contributed by atoms with Crippen LogP contribution in [0.1, 0.15) is 35.4 Å². The zero-order valence-electron chi connectivity index (χ0n) is 15.0. The van der Waals surface area contributed by atoms with Crippen LogP contribution in [0, 0.1) is 13.8 Å². The van der Waals surface area contributed by atoms with Crippen molar-refractivity contribution in [2.45, 2.75) is 45.4 Å². The highest BCUT2D eigenvalue weighted by Crippen LogP contribution is 2.31. The van der Waals surface area contributed by atoms with Gasteiger partial charge in [-0.2, -0.15) is 13.2 Å². The molecule has 3 rings (SSSR count). The normalized spacial score (nSPS) is 17.4. The number of halogens is 3. The second-order valence-electron chi connectivity index (χ2n) is 6.55. The molecule has 1 atom stereocenters. The molecule has 1 amide bonds. The minimum Gasteiger partial charge on any atom is -0.472 e. The number of nitrogens with zero attached hydrogens (tertiary/aromatic N) is 3. The third-order valence-corrected chi connectivity index (χ3v) is 4.62. The summed E-state index contributed by atoms with van der Waals surface area (Å²) in [7, 11) is 0. The highest BCUT2D eigenvalue weighted by atomic mass is 19.4. The molecule has 0 aliphatic carbocycles. The zero-order valence-corrected chi connectivity index (χ0v) is 15.0. The van der Waals surface area contributed by atoms with Gasteiger partial charge in [0, 0.05) is 37.2 Å². The Kier molecular flexibility index (Phi) is 5.38. The average molecular weight is 383 g/mol. The maximum Gasteiger partial charge on any atom is 0.416 e. The Hall–Kier alpha value is -2.58. The zero-order chi connectivity index (χ0) is 19.6. The summed E-state index contributed by atoms with van der Waals surface area (Å²) >= 11 is 0. The van der Waals surface area contributed by atoms with Gasteiger partial charge in [-0.3, -0.25) is 4.79 Å². The third-order valence-electron chi connectivity index (χ3n) is 4.62. The molecule has 0 saturated carbocycles. The van der Waals surface area contributed by atoms with E-state index in [1.54, 1.807) is 4.90 Å². The maximum atomic E-state index is 12.8. The first kappa shape index (κ1) is 19.2. The van der Waals surface area contributed by atoms with E-state index in [-0.39, 0.29) is 17.9 Å². The van der Waals surface area contributed by atoms with Crippen molar-refractivity contribution < 1.29 is 27.2 Å². The van der Waals surface area contributed by atoms with Gasteiger partial charge in [-0.1, -0.05) is 5.16 Å². The van der Waals surface area contributed by atoms with E-state index in [0.29, 0.717) is 38.1 Å². The largest absolute Gasteiger partial charge is 0.472 e. The Morgan fingerprint density at radius 1 is 1.41 bits per heavy atom. The lowest BCUT2D eigenvalue weighted by molar-refractivity contribution is -0.137. The highest BCUT2D eigenvalue weighted by Gasteiger charge is 2.32. The number of hydrogen-bond donors (Lipinski definition) is 0. The highest BCUT2D eigenvalue weighted by molar-refractivity contribution is 5.76. The summed E-state index contributed by atoms with van der Waals surface area (Å²) in [5.41, 5.74) is 0.903. The molecule has 0 bridgehead atoms. The van der Waals surface area contributed by atoms with E-state index in [0.717, 1.165) is 29.6 Å². The number of aryl methyl sites for hydroxylation is 2. The first-order chi connectivity index (χ1) is 12.7. The summed E-state index contributed by atoms with van der Waals surface area (Å²) in [5.74, 6) is 0.594. The molecular formula is C18H20F3N3O3. The minimum atomic E-state index is -4.45. The molecule has 0 aromatic carbocycles. The van der Waals surface area contributed by atoms with Crippen molar-refractivity contribution in [1.29, 1.82) is 0 Å². The molecule has 1 saturated heterocycles. The van der Waals surface area contributed by atoms with Gasteiger partial charge in [-0.05, 0) is 26.3 Å². The molecule has 27 heavy (non-hydrogen) atoms. The predicted octanol–water partition coefficient (Wildman–Crippen LogP) is 3.32. The molecule has 3 heterocycles. The fourth-order valence-electron chi connectivity index (χ4n) is 3.12. The number of likely N-dealkylation sites (tertiary alicyclic amines) is 1. The van der Waals surface area contributed by atoms with Crippen LogP contribution in [0.2, 0.25) is 0 Å². The number of carbonyl (C=O) groups is 1. The van der Waals surface area contributed by atoms with E-state index in [2.05, 4.69) is 10.1 Å². The number of hydrogen-bond acceptors (Lipinski definition) is 5. The molecular weight excluding hydrogens is 363 g/mol. The Labute approximate surface area is 154 Å². The topological polar surface area (TPSA) is 68.5 Å². The number of rotatable bonds is 5. The monoisotopic (exact) mass is 383 g/mol. The van der Waals surface area contributed by atoms with Crippen LogP contribution in [0.4, 0.5) is 13.2 Å². The van der Waals surface area contributed by atoms with E-state index in [1.165, 1.54) is 0 Å². The molecule has 1 aliphatic rings. The molecule has 0 spiro atoms. The fraction of sp³-hybridized carbons (Fsp3) is 0.500. The Bertz CT molecular complexity index is 800. The summed E-state index contributed by atoms with van der Waals surface area (Å²) in [6.07, 6.45) is -2.34. The number of aromatic nitrogens is 2. The van der Waals surface area contributed by atoms with Crippen LogP contribution in [0.3, 0.4) is 0 Å². The van der Waals surface area contributed by atoms with E-state index in [9.17, 15) is 18.0 Å². The van der Waals surface area contributed by atoms with Gasteiger partial charge in [-0.25, -0.2) is 4.98 Å². The van der Waals surface area contributed by atoms with Crippen LogP contribution >= 0.6 is 0 Å². The van der Waals surface area contributed by atoms with Gasteiger partial charge in [0.15, 0.2) is 0 Å². The number of alkyl halides is 3. The van der Waals surface area contributed by atoms with E-state index in [1.807, 2.05) is 13.8 Å². The molecule has 2 aromatic rings. The lowest BCUT2D eigenvalue weighted by Crippen LogP contribution is -2.31. The summed E-state index contributed by atoms with van der Waals surface area (Å²) < 4.78 is 48.9. The summed E-state index contributed by atoms with van der Waals surface area (Å²) in [6, 6.07) is 1.77. The predicted molar refractivity (Wildman–Crippen MR) is 89.2 cm³/mol. The standard InChI is InChI=1S/C18H20F3N3O3/c1-11-15(12(2)27-23-11)3-4-17(25)24-8-6-14(10-24)26-16-9-13(5-7-22-16)18(19,20)21/h5,7,9,14H,3-4,6,8,10H2,1-2H3/t14-/m1/s1. The van der Waals surface area contributed by atoms with Gasteiger partial charge in [0.2, 0.25) is 11.8 Å². The molecule has 2 aromatic heterocycles. The smallest absolute Gasteiger partial charge is 0.416 e. The van der Waals surface area contributed by atoms with Crippen molar-refractivity contribution in [3.8, 4) is 5.88 Å². The van der Waals surface area contributed by atoms with Crippen LogP contribution in [0.15, 0.2) is 22.9 Å². The number of ether oxygens (including phenoxy) is 1. The van der Waals surface area contributed by atoms with Gasteiger partial charge in [0.05, 0.1) is 17.8 Å². The van der Waals surface area contributed by atoms with Crippen LogP contribution < -0.4 is 4.74 Å². The van der Waals surface area contributed by atoms with Crippen LogP contribution in [0.25, 0.3) is 0 Å². The molecule has 9 heteroatoms. The number of amides is 1. The van der Waals surface area contributed by atoms with Gasteiger partial charge in [0.25, 0.3) is 0 Å². The molecule has 0 radical (unpaired) electrons. The Balaban J connectivity index is 1.53. The Morgan fingerprint density at radius 3 is 2.85 bits per heavy atom. The second kappa shape index (κ2) is 7.58. The summed E-state index contributed by atoms with van der Waals surface area (Å²) in [5, 5.41) is 3.87. The van der Waals surface area contributed by atoms with Crippen LogP contribution in [-0.2, 0) is 17.4 Å². The summed E-state index contributed by atoms with van der Waals surface area (Å²) in [4.78, 5) is 17.9. The SMILES string of the molecule is Cc1noc(C)c1CCC(=O)N1CC[C@@H](Oc2cc(C(F)(F)F)ccn2)C1. The van der Waals surface area contributed by atoms with Crippen LogP contribution in [0.5, 0.6) is 5.88 Å². The van der Waals surface area contributed by atoms with Crippen LogP contribution in [-0.4, -0.2) is 40.1 Å². The van der Waals surface area contributed by atoms with E-state index < -0.39 is 11.7 Å². The lowest BCUT2D eigenvalue weighted by Gasteiger charge is -2.17. The lowest BCUT2D eigenvalue weighted by atomic mass is 10.1. The molecule has 0 unspecified atom stereocenters. The average Bonchev–Trinajstić information content (AvgIpc) is 3.20. The molecule has 146 valence electrons. The van der Waals surface area contributed by atoms with Gasteiger partial charge < -0.3 is 14.2 Å². The minimum absolute atomic E-state index is 0.0295. The third kappa shape index (κ3) is 4.58. The Morgan fingerprint density at radius 2 is 2.19 bits per heavy atom. The molecule has 1 fully saturated rings. The second-order valence-corrected chi connectivity index (χ2v) is 6.55. The van der Waals surface area contributed by atoms with E-state index in [4.69, 9.17) is 9.26 Å². The van der Waals surface area contributed by atoms with Crippen molar-refractivity contribution in [1.82, 2.24) is 15.0 Å². The van der Waals surface area contributed by atoms with Crippen molar-refractivity contribution in [3.05, 3.63) is 40.9 Å². The molecule has 0 N–H and O–H groups in total. The van der Waals surface area contributed by atoms with Gasteiger partial charge in [0.1, 0.15) is 11.9 Å². The van der Waals surface area contributed by atoms with Crippen molar-refractivity contribution in [3.63, 3.8) is 0 Å². The summed E-state index contributed by atoms with van der Waals surface area (Å²) in [6.45, 7) is 4.47. The van der Waals surface area contributed by atoms with Gasteiger partial charge in [-0.15, -0.1) is 0 Å². The van der Waals surface area contributed by atoms with Crippen molar-refractivity contribution in [2.75, 3.05) is 13.1 Å². The number of carbonyl (C=O) groups excluding carboxylic acids is 1. The first-order valence-corrected chi connectivity index (χ1v) is 8.63. The fourth-order valence-corrected chi connectivity index (χ4v) is 3.12. The quantitative estimate of drug-likeness (QED) is 0.792. The van der Waals surface area contributed by atoms with Gasteiger partial charge >= 0.3 is 6.18 Å². The maximum absolute atomic E-state index is 12.8.